The van der Waals surface area contributed by atoms with Crippen LogP contribution in [0.2, 0.25) is 0 Å². The molecule has 1 heterocycles. The Bertz CT molecular complexity index is 914. The van der Waals surface area contributed by atoms with Gasteiger partial charge in [0.05, 0.1) is 4.90 Å². The first-order valence-electron chi connectivity index (χ1n) is 7.78. The fraction of sp³-hybridized carbons (Fsp3) is 0.111. The van der Waals surface area contributed by atoms with Gasteiger partial charge in [0.25, 0.3) is 10.0 Å². The van der Waals surface area contributed by atoms with Crippen LogP contribution in [-0.4, -0.2) is 18.6 Å². The molecular weight excluding hydrogens is 336 g/mol. The van der Waals surface area contributed by atoms with E-state index in [0.717, 1.165) is 5.56 Å². The first-order valence-corrected chi connectivity index (χ1v) is 9.26. The van der Waals surface area contributed by atoms with Crippen molar-refractivity contribution in [2.75, 3.05) is 10.0 Å². The summed E-state index contributed by atoms with van der Waals surface area (Å²) < 4.78 is 26.9. The lowest BCUT2D eigenvalue weighted by atomic mass is 10.1. The maximum atomic E-state index is 12.3. The lowest BCUT2D eigenvalue weighted by molar-refractivity contribution is 0.601. The van der Waals surface area contributed by atoms with E-state index < -0.39 is 10.0 Å². The molecule has 3 rings (SSSR count). The number of aromatic nitrogens is 2. The van der Waals surface area contributed by atoms with E-state index in [1.807, 2.05) is 37.3 Å². The number of hydrogen-bond acceptors (Lipinski definition) is 5. The Labute approximate surface area is 147 Å². The average molecular weight is 354 g/mol. The average Bonchev–Trinajstić information content (AvgIpc) is 2.64. The van der Waals surface area contributed by atoms with Crippen molar-refractivity contribution >= 4 is 21.7 Å². The number of nitrogens with zero attached hydrogens (tertiary/aromatic N) is 2. The summed E-state index contributed by atoms with van der Waals surface area (Å²) in [5.41, 5.74) is 1.12. The molecule has 1 aromatic heterocycles. The van der Waals surface area contributed by atoms with Crippen LogP contribution in [0.15, 0.2) is 77.7 Å². The molecule has 0 amide bonds. The third-order valence-electron chi connectivity index (χ3n) is 3.62. The zero-order valence-electron chi connectivity index (χ0n) is 13.6. The minimum absolute atomic E-state index is 0.0577. The van der Waals surface area contributed by atoms with E-state index >= 15 is 0 Å². The first kappa shape index (κ1) is 16.9. The molecule has 0 saturated carbocycles. The molecule has 1 atom stereocenters. The highest BCUT2D eigenvalue weighted by Gasteiger charge is 2.14. The summed E-state index contributed by atoms with van der Waals surface area (Å²) in [4.78, 5) is 0.178. The molecule has 2 aromatic carbocycles. The maximum Gasteiger partial charge on any atom is 0.263 e. The Morgan fingerprint density at radius 1 is 0.800 bits per heavy atom. The zero-order valence-corrected chi connectivity index (χ0v) is 14.4. The molecule has 7 heteroatoms. The maximum absolute atomic E-state index is 12.3. The van der Waals surface area contributed by atoms with E-state index in [2.05, 4.69) is 20.2 Å². The molecular formula is C18H18N4O2S. The van der Waals surface area contributed by atoms with Crippen molar-refractivity contribution in [1.82, 2.24) is 10.2 Å². The van der Waals surface area contributed by atoms with Gasteiger partial charge >= 0.3 is 0 Å². The summed E-state index contributed by atoms with van der Waals surface area (Å²) >= 11 is 0. The minimum atomic E-state index is -3.67. The fourth-order valence-electron chi connectivity index (χ4n) is 2.31. The summed E-state index contributed by atoms with van der Waals surface area (Å²) in [5, 5.41) is 11.2. The predicted molar refractivity (Wildman–Crippen MR) is 97.8 cm³/mol. The van der Waals surface area contributed by atoms with Crippen molar-refractivity contribution < 1.29 is 8.42 Å². The van der Waals surface area contributed by atoms with Gasteiger partial charge in [-0.2, -0.15) is 0 Å². The Morgan fingerprint density at radius 2 is 1.36 bits per heavy atom. The van der Waals surface area contributed by atoms with Crippen LogP contribution in [0.25, 0.3) is 0 Å². The van der Waals surface area contributed by atoms with E-state index in [9.17, 15) is 8.42 Å². The van der Waals surface area contributed by atoms with Gasteiger partial charge in [-0.25, -0.2) is 8.42 Å². The van der Waals surface area contributed by atoms with Gasteiger partial charge in [-0.15, -0.1) is 10.2 Å². The van der Waals surface area contributed by atoms with Gasteiger partial charge in [0.2, 0.25) is 0 Å². The highest BCUT2D eigenvalue weighted by molar-refractivity contribution is 7.92. The molecule has 25 heavy (non-hydrogen) atoms. The third-order valence-corrected chi connectivity index (χ3v) is 4.99. The summed E-state index contributed by atoms with van der Waals surface area (Å²) in [7, 11) is -3.67. The number of rotatable bonds is 6. The SMILES string of the molecule is CC(Nc1ccc(NS(=O)(=O)c2ccccc2)nn1)c1ccccc1. The Balaban J connectivity index is 1.68. The molecule has 0 spiro atoms. The highest BCUT2D eigenvalue weighted by atomic mass is 32.2. The van der Waals surface area contributed by atoms with Crippen LogP contribution in [0.3, 0.4) is 0 Å². The van der Waals surface area contributed by atoms with Crippen LogP contribution in [0.1, 0.15) is 18.5 Å². The van der Waals surface area contributed by atoms with Gasteiger partial charge in [-0.3, -0.25) is 4.72 Å². The largest absolute Gasteiger partial charge is 0.362 e. The molecule has 0 radical (unpaired) electrons. The van der Waals surface area contributed by atoms with Crippen molar-refractivity contribution in [1.29, 1.82) is 0 Å². The molecule has 0 bridgehead atoms. The van der Waals surface area contributed by atoms with Gasteiger partial charge in [-0.1, -0.05) is 48.5 Å². The minimum Gasteiger partial charge on any atom is -0.362 e. The molecule has 128 valence electrons. The standard InChI is InChI=1S/C18H18N4O2S/c1-14(15-8-4-2-5-9-15)19-17-12-13-18(21-20-17)22-25(23,24)16-10-6-3-7-11-16/h2-14H,1H3,(H,19,20)(H,21,22). The second-order valence-corrected chi connectivity index (χ2v) is 7.18. The van der Waals surface area contributed by atoms with Crippen LogP contribution >= 0.6 is 0 Å². The van der Waals surface area contributed by atoms with Crippen molar-refractivity contribution in [2.45, 2.75) is 17.9 Å². The topological polar surface area (TPSA) is 84.0 Å². The molecule has 6 nitrogen and oxygen atoms in total. The monoisotopic (exact) mass is 354 g/mol. The van der Waals surface area contributed by atoms with Gasteiger partial charge in [-0.05, 0) is 36.8 Å². The summed E-state index contributed by atoms with van der Waals surface area (Å²) in [6.45, 7) is 2.02. The van der Waals surface area contributed by atoms with Gasteiger partial charge in [0, 0.05) is 6.04 Å². The summed E-state index contributed by atoms with van der Waals surface area (Å²) in [6.07, 6.45) is 0. The number of benzene rings is 2. The van der Waals surface area contributed by atoms with Gasteiger partial charge in [0.15, 0.2) is 5.82 Å². The molecule has 1 unspecified atom stereocenters. The number of sulfonamides is 1. The molecule has 0 aliphatic carbocycles. The van der Waals surface area contributed by atoms with Crippen LogP contribution < -0.4 is 10.0 Å². The number of anilines is 2. The predicted octanol–water partition coefficient (Wildman–Crippen LogP) is 3.45. The molecule has 0 saturated heterocycles. The van der Waals surface area contributed by atoms with E-state index in [1.54, 1.807) is 30.3 Å². The first-order chi connectivity index (χ1) is 12.0. The van der Waals surface area contributed by atoms with Gasteiger partial charge < -0.3 is 5.32 Å². The van der Waals surface area contributed by atoms with Crippen molar-refractivity contribution in [2.24, 2.45) is 0 Å². The van der Waals surface area contributed by atoms with Crippen LogP contribution in [0.4, 0.5) is 11.6 Å². The molecule has 0 aliphatic heterocycles. The smallest absolute Gasteiger partial charge is 0.263 e. The normalized spacial score (nSPS) is 12.4. The number of hydrogen-bond donors (Lipinski definition) is 2. The quantitative estimate of drug-likeness (QED) is 0.708. The molecule has 3 aromatic rings. The zero-order chi connectivity index (χ0) is 17.7. The Morgan fingerprint density at radius 3 is 1.96 bits per heavy atom. The third kappa shape index (κ3) is 4.33. The van der Waals surface area contributed by atoms with Crippen LogP contribution in [0.5, 0.6) is 0 Å². The Hall–Kier alpha value is -2.93. The lowest BCUT2D eigenvalue weighted by Crippen LogP contribution is -2.15. The van der Waals surface area contributed by atoms with Gasteiger partial charge in [0.1, 0.15) is 5.82 Å². The van der Waals surface area contributed by atoms with Crippen LogP contribution in [0, 0.1) is 0 Å². The summed E-state index contributed by atoms with van der Waals surface area (Å²) in [5.74, 6) is 0.737. The summed E-state index contributed by atoms with van der Waals surface area (Å²) in [6, 6.07) is 21.4. The number of nitrogens with one attached hydrogen (secondary N) is 2. The van der Waals surface area contributed by atoms with Crippen molar-refractivity contribution in [3.8, 4) is 0 Å². The highest BCUT2D eigenvalue weighted by Crippen LogP contribution is 2.18. The molecule has 0 fully saturated rings. The Kier molecular flexibility index (Phi) is 4.95. The van der Waals surface area contributed by atoms with E-state index in [1.165, 1.54) is 12.1 Å². The second kappa shape index (κ2) is 7.31. The van der Waals surface area contributed by atoms with E-state index in [4.69, 9.17) is 0 Å². The lowest BCUT2D eigenvalue weighted by Gasteiger charge is -2.14. The second-order valence-electron chi connectivity index (χ2n) is 5.50. The van der Waals surface area contributed by atoms with E-state index in [0.29, 0.717) is 5.82 Å². The van der Waals surface area contributed by atoms with Crippen molar-refractivity contribution in [3.63, 3.8) is 0 Å². The van der Waals surface area contributed by atoms with Crippen molar-refractivity contribution in [3.05, 3.63) is 78.4 Å². The van der Waals surface area contributed by atoms with Crippen LogP contribution in [-0.2, 0) is 10.0 Å². The molecule has 2 N–H and O–H groups in total. The van der Waals surface area contributed by atoms with E-state index in [-0.39, 0.29) is 16.8 Å². The molecule has 0 aliphatic rings. The fourth-order valence-corrected chi connectivity index (χ4v) is 3.32.